The summed E-state index contributed by atoms with van der Waals surface area (Å²) in [6.45, 7) is 3.05. The van der Waals surface area contributed by atoms with Crippen molar-refractivity contribution in [1.29, 1.82) is 0 Å². The van der Waals surface area contributed by atoms with Gasteiger partial charge in [0.05, 0.1) is 16.3 Å². The highest BCUT2D eigenvalue weighted by Crippen LogP contribution is 2.35. The number of urea groups is 1. The lowest BCUT2D eigenvalue weighted by Gasteiger charge is -2.35. The van der Waals surface area contributed by atoms with Gasteiger partial charge in [-0.3, -0.25) is 0 Å². The first kappa shape index (κ1) is 20.7. The molecule has 10 heteroatoms. The van der Waals surface area contributed by atoms with Gasteiger partial charge in [0.1, 0.15) is 0 Å². The van der Waals surface area contributed by atoms with Gasteiger partial charge in [0.25, 0.3) is 0 Å². The molecule has 0 saturated carbocycles. The van der Waals surface area contributed by atoms with Crippen molar-refractivity contribution in [3.8, 4) is 0 Å². The molecule has 7 nitrogen and oxygen atoms in total. The predicted molar refractivity (Wildman–Crippen MR) is 107 cm³/mol. The minimum Gasteiger partial charge on any atom is -0.330 e. The molecule has 2 N–H and O–H groups in total. The van der Waals surface area contributed by atoms with Gasteiger partial charge in [0, 0.05) is 45.2 Å². The van der Waals surface area contributed by atoms with E-state index in [1.807, 2.05) is 12.1 Å². The zero-order valence-electron chi connectivity index (χ0n) is 15.1. The summed E-state index contributed by atoms with van der Waals surface area (Å²) in [4.78, 5) is 16.4. The lowest BCUT2D eigenvalue weighted by Crippen LogP contribution is -2.53. The highest BCUT2D eigenvalue weighted by atomic mass is 35.5. The number of hydrogen-bond donors (Lipinski definition) is 1. The summed E-state index contributed by atoms with van der Waals surface area (Å²) in [7, 11) is -3.22. The van der Waals surface area contributed by atoms with Crippen molar-refractivity contribution >= 4 is 39.3 Å². The second-order valence-electron chi connectivity index (χ2n) is 7.11. The zero-order valence-corrected chi connectivity index (χ0v) is 17.5. The fourth-order valence-corrected chi connectivity index (χ4v) is 4.93. The van der Waals surface area contributed by atoms with Crippen molar-refractivity contribution in [2.45, 2.75) is 5.92 Å². The Morgan fingerprint density at radius 1 is 1.11 bits per heavy atom. The summed E-state index contributed by atoms with van der Waals surface area (Å²) >= 11 is 12.2. The van der Waals surface area contributed by atoms with E-state index in [-0.39, 0.29) is 17.9 Å². The number of carbonyl (C=O) groups is 1. The molecule has 2 fully saturated rings. The number of piperazine rings is 1. The second-order valence-corrected chi connectivity index (χ2v) is 9.91. The largest absolute Gasteiger partial charge is 0.330 e. The Hall–Kier alpha value is -1.06. The van der Waals surface area contributed by atoms with Gasteiger partial charge in [0.15, 0.2) is 0 Å². The molecule has 1 aromatic carbocycles. The Morgan fingerprint density at radius 3 is 2.33 bits per heavy atom. The van der Waals surface area contributed by atoms with Crippen LogP contribution in [0.1, 0.15) is 11.5 Å². The van der Waals surface area contributed by atoms with Crippen LogP contribution in [0.2, 0.25) is 10.0 Å². The molecule has 0 radical (unpaired) electrons. The molecule has 0 aromatic heterocycles. The average Bonchev–Trinajstić information content (AvgIpc) is 3.07. The first-order valence-corrected chi connectivity index (χ1v) is 11.4. The number of hydrogen-bond acceptors (Lipinski definition) is 4. The third-order valence-electron chi connectivity index (χ3n) is 5.36. The van der Waals surface area contributed by atoms with Crippen LogP contribution in [0.4, 0.5) is 4.79 Å². The maximum absolute atomic E-state index is 12.9. The number of likely N-dealkylation sites (tertiary alicyclic amines) is 1. The summed E-state index contributed by atoms with van der Waals surface area (Å²) in [6.07, 6.45) is 1.19. The summed E-state index contributed by atoms with van der Waals surface area (Å²) < 4.78 is 24.7. The van der Waals surface area contributed by atoms with Gasteiger partial charge >= 0.3 is 6.03 Å². The van der Waals surface area contributed by atoms with Crippen molar-refractivity contribution < 1.29 is 13.2 Å². The molecule has 150 valence electrons. The summed E-state index contributed by atoms with van der Waals surface area (Å²) in [5.74, 6) is 0.245. The quantitative estimate of drug-likeness (QED) is 0.783. The van der Waals surface area contributed by atoms with Crippen LogP contribution >= 0.6 is 23.2 Å². The van der Waals surface area contributed by atoms with Gasteiger partial charge in [-0.05, 0) is 30.2 Å². The van der Waals surface area contributed by atoms with Gasteiger partial charge < -0.3 is 15.5 Å². The highest BCUT2D eigenvalue weighted by Gasteiger charge is 2.38. The molecule has 2 aliphatic heterocycles. The Balaban J connectivity index is 1.67. The molecule has 2 saturated heterocycles. The van der Waals surface area contributed by atoms with Crippen LogP contribution in [0.5, 0.6) is 0 Å². The van der Waals surface area contributed by atoms with Gasteiger partial charge in [0.2, 0.25) is 10.0 Å². The van der Waals surface area contributed by atoms with Crippen molar-refractivity contribution in [3.63, 3.8) is 0 Å². The fraction of sp³-hybridized carbons (Fsp3) is 0.588. The molecule has 2 atom stereocenters. The van der Waals surface area contributed by atoms with Crippen molar-refractivity contribution in [3.05, 3.63) is 33.8 Å². The summed E-state index contributed by atoms with van der Waals surface area (Å²) in [5.41, 5.74) is 6.98. The predicted octanol–water partition coefficient (Wildman–Crippen LogP) is 1.66. The molecular weight excluding hydrogens is 411 g/mol. The van der Waals surface area contributed by atoms with E-state index in [4.69, 9.17) is 28.9 Å². The average molecular weight is 435 g/mol. The molecule has 2 heterocycles. The summed E-state index contributed by atoms with van der Waals surface area (Å²) in [5, 5.41) is 0.992. The Bertz CT molecular complexity index is 812. The first-order chi connectivity index (χ1) is 12.7. The molecule has 3 rings (SSSR count). The second kappa shape index (κ2) is 8.13. The number of rotatable bonds is 3. The number of carbonyl (C=O) groups excluding carboxylic acids is 1. The van der Waals surface area contributed by atoms with E-state index in [9.17, 15) is 13.2 Å². The van der Waals surface area contributed by atoms with Crippen LogP contribution in [-0.2, 0) is 10.0 Å². The van der Waals surface area contributed by atoms with Crippen molar-refractivity contribution in [2.24, 2.45) is 11.7 Å². The Labute approximate surface area is 170 Å². The van der Waals surface area contributed by atoms with Crippen LogP contribution in [0.3, 0.4) is 0 Å². The number of halogens is 2. The lowest BCUT2D eigenvalue weighted by atomic mass is 9.89. The Kier molecular flexibility index (Phi) is 6.22. The first-order valence-electron chi connectivity index (χ1n) is 8.84. The lowest BCUT2D eigenvalue weighted by molar-refractivity contribution is 0.141. The molecule has 0 bridgehead atoms. The monoisotopic (exact) mass is 434 g/mol. The highest BCUT2D eigenvalue weighted by molar-refractivity contribution is 7.88. The minimum atomic E-state index is -3.22. The van der Waals surface area contributed by atoms with E-state index in [0.29, 0.717) is 55.9 Å². The van der Waals surface area contributed by atoms with E-state index < -0.39 is 10.0 Å². The number of sulfonamides is 1. The van der Waals surface area contributed by atoms with Crippen LogP contribution < -0.4 is 5.73 Å². The molecule has 2 amide bonds. The fourth-order valence-electron chi connectivity index (χ4n) is 3.80. The molecule has 0 aliphatic carbocycles. The standard InChI is InChI=1S/C17H24Cl2N4O3S/c1-27(25,26)23-6-4-21(5-7-23)17(24)22-10-13(9-20)14(11-22)12-2-3-15(18)16(19)8-12/h2-3,8,13-14H,4-7,9-11,20H2,1H3/t13-,14+/m0/s1. The molecule has 0 spiro atoms. The molecular formula is C17H24Cl2N4O3S. The van der Waals surface area contributed by atoms with Gasteiger partial charge in [-0.25, -0.2) is 13.2 Å². The van der Waals surface area contributed by atoms with Crippen LogP contribution in [0.25, 0.3) is 0 Å². The molecule has 2 aliphatic rings. The van der Waals surface area contributed by atoms with Gasteiger partial charge in [-0.2, -0.15) is 4.31 Å². The smallest absolute Gasteiger partial charge is 0.320 e. The minimum absolute atomic E-state index is 0.0656. The van der Waals surface area contributed by atoms with E-state index in [0.717, 1.165) is 5.56 Å². The summed E-state index contributed by atoms with van der Waals surface area (Å²) in [6, 6.07) is 5.47. The molecule has 1 aromatic rings. The SMILES string of the molecule is CS(=O)(=O)N1CCN(C(=O)N2C[C@H](CN)[C@@H](c3ccc(Cl)c(Cl)c3)C2)CC1. The van der Waals surface area contributed by atoms with Crippen molar-refractivity contribution in [2.75, 3.05) is 52.1 Å². The molecule has 27 heavy (non-hydrogen) atoms. The van der Waals surface area contributed by atoms with E-state index in [1.54, 1.807) is 15.9 Å². The van der Waals surface area contributed by atoms with Crippen LogP contribution in [0.15, 0.2) is 18.2 Å². The third kappa shape index (κ3) is 4.51. The van der Waals surface area contributed by atoms with E-state index in [1.165, 1.54) is 10.6 Å². The zero-order chi connectivity index (χ0) is 19.8. The van der Waals surface area contributed by atoms with Crippen LogP contribution in [0, 0.1) is 5.92 Å². The number of nitrogens with two attached hydrogens (primary N) is 1. The number of benzene rings is 1. The normalized spacial score (nSPS) is 24.4. The topological polar surface area (TPSA) is 87.0 Å². The van der Waals surface area contributed by atoms with Crippen LogP contribution in [-0.4, -0.2) is 80.6 Å². The van der Waals surface area contributed by atoms with E-state index >= 15 is 0 Å². The maximum atomic E-state index is 12.9. The number of nitrogens with zero attached hydrogens (tertiary/aromatic N) is 3. The Morgan fingerprint density at radius 2 is 1.78 bits per heavy atom. The van der Waals surface area contributed by atoms with Gasteiger partial charge in [-0.15, -0.1) is 0 Å². The van der Waals surface area contributed by atoms with E-state index in [2.05, 4.69) is 0 Å². The third-order valence-corrected chi connectivity index (χ3v) is 7.41. The number of amides is 2. The van der Waals surface area contributed by atoms with Gasteiger partial charge in [-0.1, -0.05) is 29.3 Å². The maximum Gasteiger partial charge on any atom is 0.320 e. The molecule has 0 unspecified atom stereocenters. The van der Waals surface area contributed by atoms with Crippen molar-refractivity contribution in [1.82, 2.24) is 14.1 Å².